The molecular formula is C23H18ClN5O3S. The normalized spacial score (nSPS) is 10.5. The molecule has 166 valence electrons. The van der Waals surface area contributed by atoms with Gasteiger partial charge < -0.3 is 15.4 Å². The first-order valence-electron chi connectivity index (χ1n) is 9.87. The molecule has 0 radical (unpaired) electrons. The molecule has 4 aromatic rings. The Morgan fingerprint density at radius 1 is 0.970 bits per heavy atom. The Labute approximate surface area is 198 Å². The van der Waals surface area contributed by atoms with Gasteiger partial charge in [-0.05, 0) is 54.6 Å². The van der Waals surface area contributed by atoms with Gasteiger partial charge in [0.05, 0.1) is 12.2 Å². The molecule has 10 heteroatoms. The monoisotopic (exact) mass is 479 g/mol. The first-order chi connectivity index (χ1) is 16.1. The van der Waals surface area contributed by atoms with Crippen molar-refractivity contribution in [2.24, 2.45) is 0 Å². The molecule has 0 saturated heterocycles. The van der Waals surface area contributed by atoms with Crippen LogP contribution in [0.3, 0.4) is 0 Å². The van der Waals surface area contributed by atoms with Crippen LogP contribution in [0.15, 0.2) is 72.9 Å². The molecule has 0 unspecified atom stereocenters. The fourth-order valence-corrected chi connectivity index (χ4v) is 3.62. The van der Waals surface area contributed by atoms with Crippen molar-refractivity contribution in [2.45, 2.75) is 13.2 Å². The van der Waals surface area contributed by atoms with E-state index in [0.717, 1.165) is 17.0 Å². The lowest BCUT2D eigenvalue weighted by molar-refractivity contribution is 0.0949. The molecule has 0 atom stereocenters. The van der Waals surface area contributed by atoms with Gasteiger partial charge in [0.1, 0.15) is 12.4 Å². The van der Waals surface area contributed by atoms with E-state index in [1.807, 2.05) is 18.2 Å². The van der Waals surface area contributed by atoms with Crippen molar-refractivity contribution in [3.63, 3.8) is 0 Å². The van der Waals surface area contributed by atoms with Crippen LogP contribution < -0.4 is 15.4 Å². The highest BCUT2D eigenvalue weighted by Gasteiger charge is 2.14. The summed E-state index contributed by atoms with van der Waals surface area (Å²) in [5, 5.41) is 14.7. The van der Waals surface area contributed by atoms with Crippen molar-refractivity contribution >= 4 is 40.4 Å². The second-order valence-corrected chi connectivity index (χ2v) is 8.28. The zero-order valence-corrected chi connectivity index (χ0v) is 18.8. The molecule has 8 nitrogen and oxygen atoms in total. The van der Waals surface area contributed by atoms with E-state index in [9.17, 15) is 9.59 Å². The van der Waals surface area contributed by atoms with Crippen molar-refractivity contribution in [1.29, 1.82) is 0 Å². The Hall–Kier alpha value is -3.82. The summed E-state index contributed by atoms with van der Waals surface area (Å²) < 4.78 is 5.70. The summed E-state index contributed by atoms with van der Waals surface area (Å²) in [6.45, 7) is 0.496. The highest BCUT2D eigenvalue weighted by molar-refractivity contribution is 7.13. The lowest BCUT2D eigenvalue weighted by Crippen LogP contribution is -2.23. The van der Waals surface area contributed by atoms with Crippen molar-refractivity contribution in [2.75, 3.05) is 5.32 Å². The van der Waals surface area contributed by atoms with Crippen LogP contribution in [0.25, 0.3) is 0 Å². The van der Waals surface area contributed by atoms with Crippen LogP contribution in [0.5, 0.6) is 5.75 Å². The van der Waals surface area contributed by atoms with Crippen LogP contribution in [0, 0.1) is 0 Å². The maximum absolute atomic E-state index is 12.3. The van der Waals surface area contributed by atoms with Gasteiger partial charge in [0, 0.05) is 22.5 Å². The molecule has 0 fully saturated rings. The Morgan fingerprint density at radius 2 is 1.82 bits per heavy atom. The summed E-state index contributed by atoms with van der Waals surface area (Å²) >= 11 is 7.06. The first kappa shape index (κ1) is 22.4. The number of halogens is 1. The van der Waals surface area contributed by atoms with E-state index in [0.29, 0.717) is 33.6 Å². The van der Waals surface area contributed by atoms with E-state index in [4.69, 9.17) is 16.3 Å². The van der Waals surface area contributed by atoms with Crippen LogP contribution >= 0.6 is 22.9 Å². The SMILES string of the molecule is O=C(NCc1ccccn1)c1ccc(OCc2nnc(C(=O)Nc3cccc(Cl)c3)s2)cc1. The van der Waals surface area contributed by atoms with Crippen LogP contribution in [0.2, 0.25) is 5.02 Å². The van der Waals surface area contributed by atoms with Crippen LogP contribution in [-0.2, 0) is 13.2 Å². The average Bonchev–Trinajstić information content (AvgIpc) is 3.32. The first-order valence-corrected chi connectivity index (χ1v) is 11.1. The number of ether oxygens (including phenoxy) is 1. The van der Waals surface area contributed by atoms with Gasteiger partial charge in [-0.2, -0.15) is 0 Å². The number of anilines is 1. The van der Waals surface area contributed by atoms with Gasteiger partial charge in [-0.3, -0.25) is 14.6 Å². The van der Waals surface area contributed by atoms with Gasteiger partial charge in [-0.25, -0.2) is 0 Å². The zero-order valence-electron chi connectivity index (χ0n) is 17.2. The summed E-state index contributed by atoms with van der Waals surface area (Å²) in [6.07, 6.45) is 1.68. The Morgan fingerprint density at radius 3 is 2.58 bits per heavy atom. The van der Waals surface area contributed by atoms with Gasteiger partial charge in [0.15, 0.2) is 5.01 Å². The highest BCUT2D eigenvalue weighted by Crippen LogP contribution is 2.19. The molecule has 2 aromatic carbocycles. The summed E-state index contributed by atoms with van der Waals surface area (Å²) in [7, 11) is 0. The second-order valence-electron chi connectivity index (χ2n) is 6.78. The maximum atomic E-state index is 12.3. The molecular weight excluding hydrogens is 462 g/mol. The number of aromatic nitrogens is 3. The van der Waals surface area contributed by atoms with Gasteiger partial charge >= 0.3 is 0 Å². The third-order valence-electron chi connectivity index (χ3n) is 4.38. The summed E-state index contributed by atoms with van der Waals surface area (Å²) in [6, 6.07) is 19.1. The topological polar surface area (TPSA) is 106 Å². The van der Waals surface area contributed by atoms with Gasteiger partial charge in [0.25, 0.3) is 11.8 Å². The Bertz CT molecular complexity index is 1250. The van der Waals surface area contributed by atoms with E-state index in [1.54, 1.807) is 54.7 Å². The number of rotatable bonds is 8. The molecule has 0 aliphatic rings. The van der Waals surface area contributed by atoms with Crippen molar-refractivity contribution in [1.82, 2.24) is 20.5 Å². The molecule has 2 heterocycles. The number of nitrogens with zero attached hydrogens (tertiary/aromatic N) is 3. The molecule has 0 spiro atoms. The fourth-order valence-electron chi connectivity index (χ4n) is 2.78. The molecule has 0 aliphatic carbocycles. The van der Waals surface area contributed by atoms with Crippen molar-refractivity contribution in [3.8, 4) is 5.75 Å². The third-order valence-corrected chi connectivity index (χ3v) is 5.51. The molecule has 4 rings (SSSR count). The molecule has 2 N–H and O–H groups in total. The maximum Gasteiger partial charge on any atom is 0.286 e. The number of carbonyl (C=O) groups excluding carboxylic acids is 2. The minimum Gasteiger partial charge on any atom is -0.486 e. The van der Waals surface area contributed by atoms with Crippen molar-refractivity contribution in [3.05, 3.63) is 99.2 Å². The van der Waals surface area contributed by atoms with Crippen molar-refractivity contribution < 1.29 is 14.3 Å². The summed E-state index contributed by atoms with van der Waals surface area (Å²) in [5.74, 6) is -0.00910. The third kappa shape index (κ3) is 6.34. The number of pyridine rings is 1. The minimum atomic E-state index is -0.373. The fraction of sp³-hybridized carbons (Fsp3) is 0.0870. The predicted molar refractivity (Wildman–Crippen MR) is 125 cm³/mol. The van der Waals surface area contributed by atoms with Gasteiger partial charge in [-0.15, -0.1) is 10.2 Å². The second kappa shape index (κ2) is 10.7. The lowest BCUT2D eigenvalue weighted by atomic mass is 10.2. The van der Waals surface area contributed by atoms with Crippen LogP contribution in [-0.4, -0.2) is 27.0 Å². The summed E-state index contributed by atoms with van der Waals surface area (Å²) in [5.41, 5.74) is 1.86. The zero-order chi connectivity index (χ0) is 23.0. The number of benzene rings is 2. The average molecular weight is 480 g/mol. The van der Waals surface area contributed by atoms with Gasteiger partial charge in [-0.1, -0.05) is 35.1 Å². The quantitative estimate of drug-likeness (QED) is 0.389. The molecule has 2 amide bonds. The van der Waals surface area contributed by atoms with Gasteiger partial charge in [0.2, 0.25) is 5.01 Å². The Balaban J connectivity index is 1.27. The van der Waals surface area contributed by atoms with E-state index in [2.05, 4.69) is 25.8 Å². The molecule has 2 aromatic heterocycles. The number of hydrogen-bond acceptors (Lipinski definition) is 7. The number of amides is 2. The standard InChI is InChI=1S/C23H18ClN5O3S/c24-16-4-3-6-17(12-16)27-22(31)23-29-28-20(33-23)14-32-19-9-7-15(8-10-19)21(30)26-13-18-5-1-2-11-25-18/h1-12H,13-14H2,(H,26,30)(H,27,31). The number of nitrogens with one attached hydrogen (secondary N) is 2. The largest absolute Gasteiger partial charge is 0.486 e. The van der Waals surface area contributed by atoms with Crippen LogP contribution in [0.4, 0.5) is 5.69 Å². The minimum absolute atomic E-state index is 0.146. The molecule has 0 saturated carbocycles. The van der Waals surface area contributed by atoms with E-state index in [-0.39, 0.29) is 23.4 Å². The van der Waals surface area contributed by atoms with E-state index in [1.165, 1.54) is 0 Å². The van der Waals surface area contributed by atoms with E-state index >= 15 is 0 Å². The summed E-state index contributed by atoms with van der Waals surface area (Å²) in [4.78, 5) is 28.8. The highest BCUT2D eigenvalue weighted by atomic mass is 35.5. The Kier molecular flexibility index (Phi) is 7.23. The molecule has 0 aliphatic heterocycles. The predicted octanol–water partition coefficient (Wildman–Crippen LogP) is 4.35. The lowest BCUT2D eigenvalue weighted by Gasteiger charge is -2.07. The van der Waals surface area contributed by atoms with Crippen LogP contribution in [0.1, 0.15) is 30.9 Å². The number of hydrogen-bond donors (Lipinski definition) is 2. The smallest absolute Gasteiger partial charge is 0.286 e. The molecule has 33 heavy (non-hydrogen) atoms. The molecule has 0 bridgehead atoms. The number of carbonyl (C=O) groups is 2. The van der Waals surface area contributed by atoms with E-state index < -0.39 is 0 Å².